The molecule has 0 aliphatic rings. The molecule has 0 saturated heterocycles. The number of aliphatic hydroxyl groups is 1. The third-order valence-corrected chi connectivity index (χ3v) is 5.46. The van der Waals surface area contributed by atoms with Crippen LogP contribution in [-0.2, 0) is 24.3 Å². The molecule has 0 unspecified atom stereocenters. The van der Waals surface area contributed by atoms with Gasteiger partial charge in [-0.1, -0.05) is 17.7 Å². The minimum Gasteiger partial charge on any atom is -0.382 e. The monoisotopic (exact) mass is 539 g/mol. The number of halogens is 5. The molecule has 194 valence electrons. The number of benzene rings is 1. The molecular formula is C22H18ClF4N7O3. The lowest BCUT2D eigenvalue weighted by molar-refractivity contribution is -0.207. The lowest BCUT2D eigenvalue weighted by Crippen LogP contribution is -2.37. The fourth-order valence-corrected chi connectivity index (χ4v) is 3.56. The molecule has 0 saturated carbocycles. The van der Waals surface area contributed by atoms with E-state index in [9.17, 15) is 32.3 Å². The molecule has 4 rings (SSSR count). The third kappa shape index (κ3) is 5.91. The van der Waals surface area contributed by atoms with Gasteiger partial charge < -0.3 is 5.11 Å². The fourth-order valence-electron chi connectivity index (χ4n) is 3.44. The van der Waals surface area contributed by atoms with Crippen LogP contribution in [0, 0.1) is 0 Å². The van der Waals surface area contributed by atoms with Crippen LogP contribution in [0.15, 0.2) is 53.7 Å². The maximum atomic E-state index is 13.0. The number of rotatable bonds is 9. The number of carbonyl (C=O) groups excluding carboxylic acids is 1. The van der Waals surface area contributed by atoms with Gasteiger partial charge in [0, 0.05) is 28.8 Å². The van der Waals surface area contributed by atoms with Crippen molar-refractivity contribution >= 4 is 17.4 Å². The van der Waals surface area contributed by atoms with Crippen molar-refractivity contribution in [2.75, 3.05) is 6.67 Å². The lowest BCUT2D eigenvalue weighted by Gasteiger charge is -2.15. The van der Waals surface area contributed by atoms with E-state index in [1.54, 1.807) is 12.1 Å². The summed E-state index contributed by atoms with van der Waals surface area (Å²) >= 11 is 5.88. The van der Waals surface area contributed by atoms with Crippen LogP contribution < -0.4 is 5.69 Å². The fraction of sp³-hybridized carbons (Fsp3) is 0.273. The van der Waals surface area contributed by atoms with Crippen LogP contribution in [-0.4, -0.2) is 63.9 Å². The van der Waals surface area contributed by atoms with Crippen molar-refractivity contribution in [3.8, 4) is 17.2 Å². The Bertz CT molecular complexity index is 1460. The number of hydrogen-bond acceptors (Lipinski definition) is 7. The Kier molecular flexibility index (Phi) is 7.50. The molecule has 0 radical (unpaired) electrons. The highest BCUT2D eigenvalue weighted by molar-refractivity contribution is 6.30. The summed E-state index contributed by atoms with van der Waals surface area (Å²) in [5.41, 5.74) is -0.241. The maximum Gasteiger partial charge on any atom is 0.416 e. The molecule has 0 bridgehead atoms. The lowest BCUT2D eigenvalue weighted by atomic mass is 10.1. The normalized spacial score (nSPS) is 12.6. The first kappa shape index (κ1) is 26.2. The molecule has 0 amide bonds. The van der Waals surface area contributed by atoms with E-state index >= 15 is 0 Å². The molecule has 0 aliphatic carbocycles. The van der Waals surface area contributed by atoms with E-state index < -0.39 is 37.0 Å². The minimum absolute atomic E-state index is 0.0548. The number of pyridine rings is 1. The Morgan fingerprint density at radius 3 is 2.51 bits per heavy atom. The molecule has 0 spiro atoms. The van der Waals surface area contributed by atoms with Crippen LogP contribution in [0.25, 0.3) is 17.2 Å². The van der Waals surface area contributed by atoms with Crippen molar-refractivity contribution in [3.63, 3.8) is 0 Å². The molecular weight excluding hydrogens is 522 g/mol. The number of hydrogen-bond donors (Lipinski definition) is 1. The van der Waals surface area contributed by atoms with Crippen LogP contribution in [0.3, 0.4) is 0 Å². The van der Waals surface area contributed by atoms with Gasteiger partial charge in [0.15, 0.2) is 29.4 Å². The Labute approximate surface area is 210 Å². The average Bonchev–Trinajstić information content (AvgIpc) is 3.44. The van der Waals surface area contributed by atoms with Gasteiger partial charge in [-0.3, -0.25) is 9.36 Å². The number of nitrogens with zero attached hydrogens (tertiary/aromatic N) is 7. The predicted octanol–water partition coefficient (Wildman–Crippen LogP) is 2.39. The Morgan fingerprint density at radius 1 is 1.11 bits per heavy atom. The smallest absolute Gasteiger partial charge is 0.382 e. The number of Topliss-reactive ketones (excluding diaryl/α,β-unsaturated/α-hetero) is 1. The van der Waals surface area contributed by atoms with Crippen molar-refractivity contribution in [1.29, 1.82) is 0 Å². The van der Waals surface area contributed by atoms with E-state index in [1.165, 1.54) is 41.5 Å². The number of ketones is 1. The van der Waals surface area contributed by atoms with Crippen molar-refractivity contribution in [1.82, 2.24) is 34.1 Å². The zero-order valence-electron chi connectivity index (χ0n) is 18.8. The summed E-state index contributed by atoms with van der Waals surface area (Å²) < 4.78 is 54.6. The molecule has 3 heterocycles. The van der Waals surface area contributed by atoms with E-state index in [1.807, 2.05) is 0 Å². The molecule has 1 atom stereocenters. The second-order valence-electron chi connectivity index (χ2n) is 7.88. The quantitative estimate of drug-likeness (QED) is 0.324. The van der Waals surface area contributed by atoms with Gasteiger partial charge in [-0.15, -0.1) is 10.2 Å². The van der Waals surface area contributed by atoms with Crippen molar-refractivity contribution in [3.05, 3.63) is 75.8 Å². The summed E-state index contributed by atoms with van der Waals surface area (Å²) in [6, 6.07) is 9.05. The number of carbonyl (C=O) groups is 1. The van der Waals surface area contributed by atoms with E-state index in [2.05, 4.69) is 20.2 Å². The summed E-state index contributed by atoms with van der Waals surface area (Å²) in [5.74, 6) is -0.501. The molecule has 10 nitrogen and oxygen atoms in total. The SMILES string of the molecule is O=C(CF)Cc1cccnc1-n1cnc(Cn2nc(-c3ccc(Cl)cc3)n(C[C@H](O)C(F)(F)F)c2=O)n1. The van der Waals surface area contributed by atoms with Crippen LogP contribution in [0.5, 0.6) is 0 Å². The predicted molar refractivity (Wildman–Crippen MR) is 122 cm³/mol. The molecule has 1 N–H and O–H groups in total. The zero-order valence-corrected chi connectivity index (χ0v) is 19.6. The molecule has 1 aromatic carbocycles. The van der Waals surface area contributed by atoms with E-state index in [0.29, 0.717) is 20.7 Å². The van der Waals surface area contributed by atoms with Crippen LogP contribution in [0.4, 0.5) is 17.6 Å². The van der Waals surface area contributed by atoms with Gasteiger partial charge in [0.25, 0.3) is 0 Å². The number of aromatic nitrogens is 7. The van der Waals surface area contributed by atoms with E-state index in [0.717, 1.165) is 4.68 Å². The van der Waals surface area contributed by atoms with Crippen molar-refractivity contribution < 1.29 is 27.5 Å². The summed E-state index contributed by atoms with van der Waals surface area (Å²) in [6.45, 7) is -2.54. The third-order valence-electron chi connectivity index (χ3n) is 5.21. The van der Waals surface area contributed by atoms with Crippen molar-refractivity contribution in [2.24, 2.45) is 0 Å². The Hall–Kier alpha value is -3.91. The van der Waals surface area contributed by atoms with Crippen molar-refractivity contribution in [2.45, 2.75) is 31.8 Å². The first-order valence-corrected chi connectivity index (χ1v) is 11.1. The highest BCUT2D eigenvalue weighted by Crippen LogP contribution is 2.24. The van der Waals surface area contributed by atoms with Gasteiger partial charge in [0.05, 0.1) is 6.54 Å². The molecule has 37 heavy (non-hydrogen) atoms. The van der Waals surface area contributed by atoms with Gasteiger partial charge in [-0.25, -0.2) is 28.5 Å². The second kappa shape index (κ2) is 10.6. The van der Waals surface area contributed by atoms with Gasteiger partial charge >= 0.3 is 11.9 Å². The summed E-state index contributed by atoms with van der Waals surface area (Å²) in [7, 11) is 0. The number of aliphatic hydroxyl groups excluding tert-OH is 1. The van der Waals surface area contributed by atoms with Gasteiger partial charge in [0.1, 0.15) is 19.5 Å². The standard InChI is InChI=1S/C22H18ClF4N7O3/c23-15-5-3-13(4-6-15)20-31-33(21(37)32(20)10-17(36)22(25,26)27)11-18-29-12-34(30-18)19-14(2-1-7-28-19)8-16(35)9-24/h1-7,12,17,36H,8-11H2/t17-/m0/s1. The largest absolute Gasteiger partial charge is 0.416 e. The topological polar surface area (TPSA) is 121 Å². The average molecular weight is 540 g/mol. The molecule has 0 fully saturated rings. The Morgan fingerprint density at radius 2 is 1.84 bits per heavy atom. The number of alkyl halides is 4. The Balaban J connectivity index is 1.68. The van der Waals surface area contributed by atoms with E-state index in [-0.39, 0.29) is 30.4 Å². The summed E-state index contributed by atoms with van der Waals surface area (Å²) in [4.78, 5) is 32.8. The van der Waals surface area contributed by atoms with Gasteiger partial charge in [-0.05, 0) is 30.3 Å². The van der Waals surface area contributed by atoms with Gasteiger partial charge in [0.2, 0.25) is 0 Å². The molecule has 4 aromatic rings. The van der Waals surface area contributed by atoms with Crippen LogP contribution in [0.1, 0.15) is 11.4 Å². The minimum atomic E-state index is -4.96. The molecule has 15 heteroatoms. The molecule has 0 aliphatic heterocycles. The summed E-state index contributed by atoms with van der Waals surface area (Å²) in [5, 5.41) is 18.3. The van der Waals surface area contributed by atoms with E-state index in [4.69, 9.17) is 11.6 Å². The molecule has 3 aromatic heterocycles. The first-order chi connectivity index (χ1) is 17.6. The zero-order chi connectivity index (χ0) is 26.7. The van der Waals surface area contributed by atoms with Crippen LogP contribution >= 0.6 is 11.6 Å². The van der Waals surface area contributed by atoms with Gasteiger partial charge in [-0.2, -0.15) is 13.2 Å². The van der Waals surface area contributed by atoms with Crippen LogP contribution in [0.2, 0.25) is 5.02 Å². The first-order valence-electron chi connectivity index (χ1n) is 10.7. The summed E-state index contributed by atoms with van der Waals surface area (Å²) in [6.07, 6.45) is -5.28. The second-order valence-corrected chi connectivity index (χ2v) is 8.32. The highest BCUT2D eigenvalue weighted by atomic mass is 35.5. The maximum absolute atomic E-state index is 13.0. The highest BCUT2D eigenvalue weighted by Gasteiger charge is 2.39.